The van der Waals surface area contributed by atoms with Crippen LogP contribution in [-0.4, -0.2) is 46.7 Å². The van der Waals surface area contributed by atoms with E-state index in [4.69, 9.17) is 5.11 Å². The Morgan fingerprint density at radius 1 is 1.26 bits per heavy atom. The molecule has 8 heteroatoms. The number of ether oxygens (including phenoxy) is 1. The van der Waals surface area contributed by atoms with Gasteiger partial charge in [-0.25, -0.2) is 4.79 Å². The fourth-order valence-corrected chi connectivity index (χ4v) is 2.75. The lowest BCUT2D eigenvalue weighted by Gasteiger charge is -2.09. The molecule has 1 aliphatic rings. The molecule has 0 aliphatic carbocycles. The first kappa shape index (κ1) is 16.8. The number of hydrogen-bond donors (Lipinski definition) is 1. The van der Waals surface area contributed by atoms with Crippen molar-refractivity contribution in [1.29, 1.82) is 0 Å². The van der Waals surface area contributed by atoms with E-state index < -0.39 is 23.1 Å². The number of rotatable bonds is 5. The van der Waals surface area contributed by atoms with Crippen LogP contribution in [-0.2, 0) is 14.3 Å². The van der Waals surface area contributed by atoms with Crippen molar-refractivity contribution in [3.05, 3.63) is 40.3 Å². The molecular weight excluding hydrogens is 322 g/mol. The second kappa shape index (κ2) is 7.10. The van der Waals surface area contributed by atoms with E-state index in [0.29, 0.717) is 11.1 Å². The van der Waals surface area contributed by atoms with Gasteiger partial charge in [0.25, 0.3) is 11.1 Å². The maximum absolute atomic E-state index is 12.1. The fraction of sp³-hybridized carbons (Fsp3) is 0.200. The van der Waals surface area contributed by atoms with E-state index >= 15 is 0 Å². The van der Waals surface area contributed by atoms with Crippen LogP contribution in [0.15, 0.2) is 29.2 Å². The van der Waals surface area contributed by atoms with E-state index in [2.05, 4.69) is 4.74 Å². The zero-order valence-corrected chi connectivity index (χ0v) is 13.0. The Bertz CT molecular complexity index is 694. The molecule has 1 N–H and O–H groups in total. The van der Waals surface area contributed by atoms with Crippen LogP contribution in [0.5, 0.6) is 0 Å². The molecule has 1 aliphatic heterocycles. The molecule has 0 bridgehead atoms. The Labute approximate surface area is 135 Å². The Kier molecular flexibility index (Phi) is 5.17. The maximum atomic E-state index is 12.1. The lowest BCUT2D eigenvalue weighted by Crippen LogP contribution is -2.30. The highest BCUT2D eigenvalue weighted by Gasteiger charge is 2.34. The Hall–Kier alpha value is -2.61. The molecule has 0 unspecified atom stereocenters. The molecule has 7 nitrogen and oxygen atoms in total. The first-order valence-corrected chi connectivity index (χ1v) is 7.39. The van der Waals surface area contributed by atoms with Crippen LogP contribution < -0.4 is 0 Å². The summed E-state index contributed by atoms with van der Waals surface area (Å²) < 4.78 is 4.59. The SMILES string of the molecule is COC(=O)c1ccc(/C=C2\SC(=O)N(CCC(=O)O)C2=O)cc1. The van der Waals surface area contributed by atoms with Crippen molar-refractivity contribution in [2.75, 3.05) is 13.7 Å². The number of hydrogen-bond acceptors (Lipinski definition) is 6. The van der Waals surface area contributed by atoms with E-state index in [1.54, 1.807) is 24.3 Å². The highest BCUT2D eigenvalue weighted by atomic mass is 32.2. The van der Waals surface area contributed by atoms with Crippen LogP contribution in [0.3, 0.4) is 0 Å². The number of methoxy groups -OCH3 is 1. The number of imide groups is 1. The number of amides is 2. The van der Waals surface area contributed by atoms with Crippen molar-refractivity contribution in [1.82, 2.24) is 4.90 Å². The molecule has 1 aromatic rings. The van der Waals surface area contributed by atoms with Crippen molar-refractivity contribution in [3.8, 4) is 0 Å². The number of nitrogens with zero attached hydrogens (tertiary/aromatic N) is 1. The van der Waals surface area contributed by atoms with Gasteiger partial charge in [0.15, 0.2) is 0 Å². The molecule has 0 atom stereocenters. The minimum atomic E-state index is -1.08. The molecular formula is C15H13NO6S. The number of benzene rings is 1. The predicted octanol–water partition coefficient (Wildman–Crippen LogP) is 1.98. The molecule has 23 heavy (non-hydrogen) atoms. The van der Waals surface area contributed by atoms with Crippen LogP contribution >= 0.6 is 11.8 Å². The van der Waals surface area contributed by atoms with Crippen molar-refractivity contribution < 1.29 is 29.0 Å². The first-order valence-electron chi connectivity index (χ1n) is 6.58. The number of aliphatic carboxylic acids is 1. The molecule has 0 spiro atoms. The summed E-state index contributed by atoms with van der Waals surface area (Å²) in [5.74, 6) is -2.06. The Morgan fingerprint density at radius 2 is 1.91 bits per heavy atom. The fourth-order valence-electron chi connectivity index (χ4n) is 1.88. The van der Waals surface area contributed by atoms with Crippen LogP contribution in [0.4, 0.5) is 4.79 Å². The second-order valence-corrected chi connectivity index (χ2v) is 5.58. The zero-order chi connectivity index (χ0) is 17.0. The van der Waals surface area contributed by atoms with Crippen molar-refractivity contribution in [2.45, 2.75) is 6.42 Å². The Morgan fingerprint density at radius 3 is 2.48 bits per heavy atom. The van der Waals surface area contributed by atoms with E-state index in [1.165, 1.54) is 13.2 Å². The van der Waals surface area contributed by atoms with Gasteiger partial charge in [-0.3, -0.25) is 19.3 Å². The average molecular weight is 335 g/mol. The number of carbonyl (C=O) groups is 4. The van der Waals surface area contributed by atoms with Crippen molar-refractivity contribution in [3.63, 3.8) is 0 Å². The molecule has 2 rings (SSSR count). The number of carboxylic acid groups (broad SMARTS) is 1. The van der Waals surface area contributed by atoms with Crippen LogP contribution in [0.1, 0.15) is 22.3 Å². The normalized spacial score (nSPS) is 16.0. The van der Waals surface area contributed by atoms with Gasteiger partial charge in [0.2, 0.25) is 0 Å². The van der Waals surface area contributed by atoms with Gasteiger partial charge in [-0.1, -0.05) is 12.1 Å². The highest BCUT2D eigenvalue weighted by Crippen LogP contribution is 2.32. The molecule has 1 aromatic carbocycles. The van der Waals surface area contributed by atoms with Gasteiger partial charge < -0.3 is 9.84 Å². The average Bonchev–Trinajstić information content (AvgIpc) is 2.79. The number of carboxylic acids is 1. The summed E-state index contributed by atoms with van der Waals surface area (Å²) in [7, 11) is 1.28. The molecule has 0 radical (unpaired) electrons. The molecule has 0 saturated carbocycles. The van der Waals surface area contributed by atoms with Gasteiger partial charge in [-0.15, -0.1) is 0 Å². The molecule has 1 heterocycles. The van der Waals surface area contributed by atoms with Crippen LogP contribution in [0.2, 0.25) is 0 Å². The Balaban J connectivity index is 2.14. The van der Waals surface area contributed by atoms with E-state index in [1.807, 2.05) is 0 Å². The third kappa shape index (κ3) is 3.98. The quantitative estimate of drug-likeness (QED) is 0.648. The minimum absolute atomic E-state index is 0.154. The van der Waals surface area contributed by atoms with Crippen LogP contribution in [0, 0.1) is 0 Å². The third-order valence-corrected chi connectivity index (χ3v) is 3.96. The number of thioether (sulfide) groups is 1. The second-order valence-electron chi connectivity index (χ2n) is 4.59. The number of carbonyl (C=O) groups excluding carboxylic acids is 3. The molecule has 1 fully saturated rings. The third-order valence-electron chi connectivity index (χ3n) is 3.05. The number of esters is 1. The molecule has 2 amide bonds. The topological polar surface area (TPSA) is 101 Å². The smallest absolute Gasteiger partial charge is 0.337 e. The van der Waals surface area contributed by atoms with Gasteiger partial charge in [0, 0.05) is 6.54 Å². The van der Waals surface area contributed by atoms with Gasteiger partial charge >= 0.3 is 11.9 Å². The lowest BCUT2D eigenvalue weighted by atomic mass is 10.1. The van der Waals surface area contributed by atoms with Gasteiger partial charge in [-0.05, 0) is 35.5 Å². The largest absolute Gasteiger partial charge is 0.481 e. The highest BCUT2D eigenvalue weighted by molar-refractivity contribution is 8.18. The van der Waals surface area contributed by atoms with Crippen LogP contribution in [0.25, 0.3) is 6.08 Å². The first-order chi connectivity index (χ1) is 10.9. The summed E-state index contributed by atoms with van der Waals surface area (Å²) >= 11 is 0.757. The summed E-state index contributed by atoms with van der Waals surface area (Å²) in [6.07, 6.45) is 1.23. The van der Waals surface area contributed by atoms with E-state index in [0.717, 1.165) is 16.7 Å². The summed E-state index contributed by atoms with van der Waals surface area (Å²) in [6.45, 7) is -0.154. The zero-order valence-electron chi connectivity index (χ0n) is 12.1. The standard InChI is InChI=1S/C15H13NO6S/c1-22-14(20)10-4-2-9(3-5-10)8-11-13(19)16(15(21)23-11)7-6-12(17)18/h2-5,8H,6-7H2,1H3,(H,17,18)/b11-8-. The van der Waals surface area contributed by atoms with Gasteiger partial charge in [-0.2, -0.15) is 0 Å². The van der Waals surface area contributed by atoms with Crippen molar-refractivity contribution in [2.24, 2.45) is 0 Å². The monoisotopic (exact) mass is 335 g/mol. The predicted molar refractivity (Wildman–Crippen MR) is 82.7 cm³/mol. The van der Waals surface area contributed by atoms with Crippen molar-refractivity contribution >= 4 is 40.9 Å². The molecule has 1 saturated heterocycles. The van der Waals surface area contributed by atoms with Gasteiger partial charge in [0.05, 0.1) is 24.0 Å². The summed E-state index contributed by atoms with van der Waals surface area (Å²) in [5, 5.41) is 8.14. The molecule has 0 aromatic heterocycles. The van der Waals surface area contributed by atoms with E-state index in [-0.39, 0.29) is 17.9 Å². The summed E-state index contributed by atoms with van der Waals surface area (Å²) in [4.78, 5) is 46.9. The summed E-state index contributed by atoms with van der Waals surface area (Å²) in [5.41, 5.74) is 1.01. The van der Waals surface area contributed by atoms with Gasteiger partial charge in [0.1, 0.15) is 0 Å². The minimum Gasteiger partial charge on any atom is -0.481 e. The van der Waals surface area contributed by atoms with E-state index in [9.17, 15) is 19.2 Å². The maximum Gasteiger partial charge on any atom is 0.337 e. The summed E-state index contributed by atoms with van der Waals surface area (Å²) in [6, 6.07) is 6.34. The molecule has 120 valence electrons. The lowest BCUT2D eigenvalue weighted by molar-refractivity contribution is -0.137.